The Morgan fingerprint density at radius 3 is 2.96 bits per heavy atom. The molecule has 1 N–H and O–H groups in total. The first-order chi connectivity index (χ1) is 12.7. The molecule has 0 spiro atoms. The van der Waals surface area contributed by atoms with Crippen molar-refractivity contribution < 1.29 is 4.42 Å². The Kier molecular flexibility index (Phi) is 4.71. The van der Waals surface area contributed by atoms with Crippen molar-refractivity contribution in [2.24, 2.45) is 0 Å². The molecule has 1 unspecified atom stereocenters. The van der Waals surface area contributed by atoms with Crippen LogP contribution >= 0.6 is 0 Å². The van der Waals surface area contributed by atoms with Gasteiger partial charge in [0.15, 0.2) is 0 Å². The van der Waals surface area contributed by atoms with Gasteiger partial charge in [-0.2, -0.15) is 0 Å². The van der Waals surface area contributed by atoms with Gasteiger partial charge < -0.3 is 14.3 Å². The van der Waals surface area contributed by atoms with Gasteiger partial charge in [-0.15, -0.1) is 0 Å². The molecule has 0 aromatic carbocycles. The van der Waals surface area contributed by atoms with Crippen LogP contribution in [0.1, 0.15) is 34.8 Å². The fraction of sp³-hybridized carbons (Fsp3) is 0.333. The Morgan fingerprint density at radius 1 is 1.27 bits per heavy atom. The summed E-state index contributed by atoms with van der Waals surface area (Å²) >= 11 is 0. The number of nitrogens with zero attached hydrogens (tertiary/aromatic N) is 2. The van der Waals surface area contributed by atoms with Crippen LogP contribution in [0, 0.1) is 6.92 Å². The van der Waals surface area contributed by atoms with Gasteiger partial charge >= 0.3 is 0 Å². The SMILES string of the molecule is Cc1ccc(CNC2CCc3c(ccc(=O)n3Cc3cccnc3)C2)o1. The topological polar surface area (TPSA) is 60.1 Å². The van der Waals surface area contributed by atoms with Crippen molar-refractivity contribution in [1.29, 1.82) is 0 Å². The standard InChI is InChI=1S/C21H23N3O2/c1-15-4-7-19(26-15)13-23-18-6-8-20-17(11-18)5-9-21(25)24(20)14-16-3-2-10-22-12-16/h2-5,7,9-10,12,18,23H,6,8,11,13-14H2,1H3. The second-order valence-electron chi connectivity index (χ2n) is 6.92. The van der Waals surface area contributed by atoms with E-state index < -0.39 is 0 Å². The molecule has 134 valence electrons. The van der Waals surface area contributed by atoms with Gasteiger partial charge in [-0.3, -0.25) is 9.78 Å². The zero-order valence-electron chi connectivity index (χ0n) is 14.9. The maximum absolute atomic E-state index is 12.4. The minimum Gasteiger partial charge on any atom is -0.465 e. The molecule has 1 atom stereocenters. The smallest absolute Gasteiger partial charge is 0.251 e. The summed E-state index contributed by atoms with van der Waals surface area (Å²) in [6.07, 6.45) is 6.43. The molecule has 3 aromatic heterocycles. The minimum atomic E-state index is 0.0603. The summed E-state index contributed by atoms with van der Waals surface area (Å²) < 4.78 is 7.53. The highest BCUT2D eigenvalue weighted by atomic mass is 16.3. The van der Waals surface area contributed by atoms with Crippen LogP contribution in [0.3, 0.4) is 0 Å². The second-order valence-corrected chi connectivity index (χ2v) is 6.92. The van der Waals surface area contributed by atoms with E-state index in [4.69, 9.17) is 4.42 Å². The molecule has 3 aromatic rings. The summed E-state index contributed by atoms with van der Waals surface area (Å²) in [6, 6.07) is 12.0. The molecule has 1 aliphatic rings. The maximum Gasteiger partial charge on any atom is 0.251 e. The van der Waals surface area contributed by atoms with Gasteiger partial charge in [0, 0.05) is 30.2 Å². The van der Waals surface area contributed by atoms with Crippen LogP contribution in [-0.2, 0) is 25.9 Å². The van der Waals surface area contributed by atoms with Crippen LogP contribution in [0.15, 0.2) is 58.0 Å². The average Bonchev–Trinajstić information content (AvgIpc) is 3.08. The van der Waals surface area contributed by atoms with Crippen molar-refractivity contribution in [2.45, 2.75) is 45.3 Å². The van der Waals surface area contributed by atoms with E-state index in [1.807, 2.05) is 48.0 Å². The van der Waals surface area contributed by atoms with E-state index in [0.717, 1.165) is 48.6 Å². The highest BCUT2D eigenvalue weighted by Crippen LogP contribution is 2.21. The largest absolute Gasteiger partial charge is 0.465 e. The van der Waals surface area contributed by atoms with Crippen LogP contribution in [0.4, 0.5) is 0 Å². The summed E-state index contributed by atoms with van der Waals surface area (Å²) in [7, 11) is 0. The van der Waals surface area contributed by atoms with Crippen molar-refractivity contribution in [3.8, 4) is 0 Å². The molecule has 4 rings (SSSR count). The Labute approximate surface area is 152 Å². The molecule has 0 aliphatic heterocycles. The first-order valence-electron chi connectivity index (χ1n) is 9.08. The van der Waals surface area contributed by atoms with Gasteiger partial charge in [0.2, 0.25) is 0 Å². The fourth-order valence-electron chi connectivity index (χ4n) is 3.67. The summed E-state index contributed by atoms with van der Waals surface area (Å²) in [5.41, 5.74) is 3.53. The molecule has 0 bridgehead atoms. The maximum atomic E-state index is 12.4. The number of nitrogens with one attached hydrogen (secondary N) is 1. The monoisotopic (exact) mass is 349 g/mol. The second kappa shape index (κ2) is 7.30. The Morgan fingerprint density at radius 2 is 2.19 bits per heavy atom. The Bertz CT molecular complexity index is 943. The first-order valence-corrected chi connectivity index (χ1v) is 9.08. The molecule has 0 radical (unpaired) electrons. The summed E-state index contributed by atoms with van der Waals surface area (Å²) in [6.45, 7) is 3.28. The number of aryl methyl sites for hydroxylation is 1. The third kappa shape index (κ3) is 3.63. The van der Waals surface area contributed by atoms with E-state index >= 15 is 0 Å². The summed E-state index contributed by atoms with van der Waals surface area (Å²) in [4.78, 5) is 16.6. The zero-order valence-corrected chi connectivity index (χ0v) is 14.9. The lowest BCUT2D eigenvalue weighted by molar-refractivity contribution is 0.402. The molecular formula is C21H23N3O2. The van der Waals surface area contributed by atoms with Crippen LogP contribution in [0.2, 0.25) is 0 Å². The van der Waals surface area contributed by atoms with E-state index in [1.54, 1.807) is 12.3 Å². The quantitative estimate of drug-likeness (QED) is 0.769. The number of hydrogen-bond acceptors (Lipinski definition) is 4. The van der Waals surface area contributed by atoms with E-state index in [2.05, 4.69) is 10.3 Å². The highest BCUT2D eigenvalue weighted by Gasteiger charge is 2.21. The number of aromatic nitrogens is 2. The summed E-state index contributed by atoms with van der Waals surface area (Å²) in [5.74, 6) is 1.91. The molecule has 0 fully saturated rings. The highest BCUT2D eigenvalue weighted by molar-refractivity contribution is 5.27. The normalized spacial score (nSPS) is 16.4. The van der Waals surface area contributed by atoms with Gasteiger partial charge in [0.05, 0.1) is 13.1 Å². The summed E-state index contributed by atoms with van der Waals surface area (Å²) in [5, 5.41) is 3.58. The Hall–Kier alpha value is -2.66. The molecule has 5 nitrogen and oxygen atoms in total. The molecular weight excluding hydrogens is 326 g/mol. The van der Waals surface area contributed by atoms with E-state index in [9.17, 15) is 4.79 Å². The van der Waals surface area contributed by atoms with Gasteiger partial charge in [0.1, 0.15) is 11.5 Å². The molecule has 26 heavy (non-hydrogen) atoms. The van der Waals surface area contributed by atoms with E-state index in [-0.39, 0.29) is 5.56 Å². The number of furan rings is 1. The molecule has 0 saturated heterocycles. The Balaban J connectivity index is 1.49. The van der Waals surface area contributed by atoms with Crippen molar-refractivity contribution in [3.05, 3.63) is 87.5 Å². The van der Waals surface area contributed by atoms with Crippen LogP contribution in [0.5, 0.6) is 0 Å². The van der Waals surface area contributed by atoms with Crippen LogP contribution < -0.4 is 10.9 Å². The molecule has 5 heteroatoms. The number of hydrogen-bond donors (Lipinski definition) is 1. The van der Waals surface area contributed by atoms with Gasteiger partial charge in [-0.1, -0.05) is 12.1 Å². The fourth-order valence-corrected chi connectivity index (χ4v) is 3.67. The van der Waals surface area contributed by atoms with Gasteiger partial charge in [0.25, 0.3) is 5.56 Å². The third-order valence-electron chi connectivity index (χ3n) is 5.01. The lowest BCUT2D eigenvalue weighted by Gasteiger charge is -2.27. The third-order valence-corrected chi connectivity index (χ3v) is 5.01. The number of pyridine rings is 2. The predicted octanol–water partition coefficient (Wildman–Crippen LogP) is 2.84. The molecule has 0 saturated carbocycles. The van der Waals surface area contributed by atoms with E-state index in [1.165, 1.54) is 5.56 Å². The minimum absolute atomic E-state index is 0.0603. The molecule has 3 heterocycles. The lowest BCUT2D eigenvalue weighted by atomic mass is 9.91. The van der Waals surface area contributed by atoms with Gasteiger partial charge in [-0.05, 0) is 55.5 Å². The number of rotatable bonds is 5. The molecule has 1 aliphatic carbocycles. The van der Waals surface area contributed by atoms with Crippen molar-refractivity contribution >= 4 is 0 Å². The van der Waals surface area contributed by atoms with E-state index in [0.29, 0.717) is 12.6 Å². The molecule has 0 amide bonds. The van der Waals surface area contributed by atoms with Crippen molar-refractivity contribution in [1.82, 2.24) is 14.9 Å². The lowest BCUT2D eigenvalue weighted by Crippen LogP contribution is -2.37. The zero-order chi connectivity index (χ0) is 17.9. The van der Waals surface area contributed by atoms with Crippen molar-refractivity contribution in [2.75, 3.05) is 0 Å². The van der Waals surface area contributed by atoms with Crippen molar-refractivity contribution in [3.63, 3.8) is 0 Å². The number of fused-ring (bicyclic) bond motifs is 1. The van der Waals surface area contributed by atoms with Crippen LogP contribution in [-0.4, -0.2) is 15.6 Å². The van der Waals surface area contributed by atoms with Crippen LogP contribution in [0.25, 0.3) is 0 Å². The predicted molar refractivity (Wildman–Crippen MR) is 100 cm³/mol. The average molecular weight is 349 g/mol. The first kappa shape index (κ1) is 16.8. The van der Waals surface area contributed by atoms with Gasteiger partial charge in [-0.25, -0.2) is 0 Å².